The van der Waals surface area contributed by atoms with Gasteiger partial charge in [0, 0.05) is 37.0 Å². The highest BCUT2D eigenvalue weighted by molar-refractivity contribution is 7.89. The van der Waals surface area contributed by atoms with E-state index < -0.39 is 10.0 Å². The minimum Gasteiger partial charge on any atom is -0.496 e. The van der Waals surface area contributed by atoms with Crippen LogP contribution in [-0.2, 0) is 14.8 Å². The Kier molecular flexibility index (Phi) is 6.17. The molecular formula is C23H26N6O4S. The van der Waals surface area contributed by atoms with E-state index in [-0.39, 0.29) is 4.90 Å². The molecule has 11 heteroatoms. The largest absolute Gasteiger partial charge is 0.496 e. The molecule has 1 aliphatic rings. The van der Waals surface area contributed by atoms with Crippen molar-refractivity contribution in [1.82, 2.24) is 29.4 Å². The van der Waals surface area contributed by atoms with Crippen LogP contribution >= 0.6 is 0 Å². The topological polar surface area (TPSA) is 111 Å². The first-order valence-corrected chi connectivity index (χ1v) is 12.6. The van der Waals surface area contributed by atoms with E-state index in [0.29, 0.717) is 49.1 Å². The molecule has 0 atom stereocenters. The number of methoxy groups -OCH3 is 1. The van der Waals surface area contributed by atoms with Crippen LogP contribution in [0.2, 0.25) is 0 Å². The fraction of sp³-hybridized carbons (Fsp3) is 0.348. The molecule has 2 aromatic heterocycles. The normalized spacial score (nSPS) is 15.2. The van der Waals surface area contributed by atoms with Gasteiger partial charge < -0.3 is 9.47 Å². The van der Waals surface area contributed by atoms with Crippen molar-refractivity contribution in [1.29, 1.82) is 0 Å². The van der Waals surface area contributed by atoms with Crippen LogP contribution in [0.15, 0.2) is 47.4 Å². The van der Waals surface area contributed by atoms with Gasteiger partial charge in [-0.15, -0.1) is 10.2 Å². The van der Waals surface area contributed by atoms with Gasteiger partial charge in [0.25, 0.3) is 0 Å². The van der Waals surface area contributed by atoms with E-state index in [1.54, 1.807) is 16.6 Å². The lowest BCUT2D eigenvalue weighted by atomic mass is 10.1. The Balaban J connectivity index is 1.49. The Hall–Kier alpha value is -3.12. The molecule has 0 spiro atoms. The molecule has 1 fully saturated rings. The van der Waals surface area contributed by atoms with Gasteiger partial charge in [-0.25, -0.2) is 13.1 Å². The maximum atomic E-state index is 13.0. The zero-order chi connectivity index (χ0) is 23.7. The molecule has 3 heterocycles. The maximum absolute atomic E-state index is 13.0. The second kappa shape index (κ2) is 9.26. The highest BCUT2D eigenvalue weighted by Gasteiger charge is 2.22. The lowest BCUT2D eigenvalue weighted by Crippen LogP contribution is -2.41. The summed E-state index contributed by atoms with van der Waals surface area (Å²) < 4.78 is 41.3. The van der Waals surface area contributed by atoms with Crippen molar-refractivity contribution < 1.29 is 17.9 Å². The van der Waals surface area contributed by atoms with Gasteiger partial charge in [-0.05, 0) is 25.1 Å². The molecule has 0 bridgehead atoms. The van der Waals surface area contributed by atoms with E-state index in [1.807, 2.05) is 31.2 Å². The van der Waals surface area contributed by atoms with Crippen LogP contribution in [0.3, 0.4) is 0 Å². The zero-order valence-corrected chi connectivity index (χ0v) is 19.9. The van der Waals surface area contributed by atoms with Crippen LogP contribution in [0.25, 0.3) is 27.8 Å². The van der Waals surface area contributed by atoms with Gasteiger partial charge in [-0.3, -0.25) is 4.90 Å². The predicted molar refractivity (Wildman–Crippen MR) is 127 cm³/mol. The van der Waals surface area contributed by atoms with Crippen molar-refractivity contribution in [2.45, 2.75) is 11.8 Å². The van der Waals surface area contributed by atoms with Gasteiger partial charge in [-0.2, -0.15) is 9.61 Å². The molecule has 4 aromatic rings. The molecule has 1 aliphatic heterocycles. The van der Waals surface area contributed by atoms with Crippen molar-refractivity contribution >= 4 is 26.4 Å². The number of nitrogens with one attached hydrogen (secondary N) is 1. The Morgan fingerprint density at radius 2 is 1.85 bits per heavy atom. The van der Waals surface area contributed by atoms with Crippen LogP contribution in [0.4, 0.5) is 0 Å². The SMILES string of the molecule is COc1ccc(S(=O)(=O)NCCN2CCOCC2)cc1-c1nnc2c3ccccc3c(C)nn12. The fourth-order valence-electron chi connectivity index (χ4n) is 4.18. The third kappa shape index (κ3) is 4.23. The summed E-state index contributed by atoms with van der Waals surface area (Å²) in [5.74, 6) is 0.889. The minimum absolute atomic E-state index is 0.125. The number of aryl methyl sites for hydroxylation is 1. The van der Waals surface area contributed by atoms with Crippen molar-refractivity contribution in [3.05, 3.63) is 48.2 Å². The first-order valence-electron chi connectivity index (χ1n) is 11.1. The monoisotopic (exact) mass is 482 g/mol. The third-order valence-corrected chi connectivity index (χ3v) is 7.45. The molecule has 0 unspecified atom stereocenters. The summed E-state index contributed by atoms with van der Waals surface area (Å²) in [7, 11) is -2.20. The highest BCUT2D eigenvalue weighted by atomic mass is 32.2. The van der Waals surface area contributed by atoms with Crippen LogP contribution in [0, 0.1) is 6.92 Å². The van der Waals surface area contributed by atoms with Crippen molar-refractivity contribution in [2.24, 2.45) is 0 Å². The Morgan fingerprint density at radius 1 is 1.09 bits per heavy atom. The van der Waals surface area contributed by atoms with E-state index >= 15 is 0 Å². The summed E-state index contributed by atoms with van der Waals surface area (Å²) in [6.45, 7) is 5.79. The molecule has 0 aliphatic carbocycles. The molecule has 0 amide bonds. The summed E-state index contributed by atoms with van der Waals surface area (Å²) in [6.07, 6.45) is 0. The summed E-state index contributed by atoms with van der Waals surface area (Å²) in [5.41, 5.74) is 1.90. The van der Waals surface area contributed by atoms with Gasteiger partial charge in [-0.1, -0.05) is 24.3 Å². The van der Waals surface area contributed by atoms with Crippen LogP contribution in [0.1, 0.15) is 5.69 Å². The number of hydrogen-bond acceptors (Lipinski definition) is 8. The summed E-state index contributed by atoms with van der Waals surface area (Å²) in [4.78, 5) is 2.30. The quantitative estimate of drug-likeness (QED) is 0.425. The number of fused-ring (bicyclic) bond motifs is 3. The average Bonchev–Trinajstić information content (AvgIpc) is 3.28. The van der Waals surface area contributed by atoms with Crippen molar-refractivity contribution in [3.63, 3.8) is 0 Å². The van der Waals surface area contributed by atoms with E-state index in [4.69, 9.17) is 9.47 Å². The summed E-state index contributed by atoms with van der Waals surface area (Å²) in [6, 6.07) is 12.5. The van der Waals surface area contributed by atoms with Gasteiger partial charge in [0.2, 0.25) is 10.0 Å². The highest BCUT2D eigenvalue weighted by Crippen LogP contribution is 2.32. The van der Waals surface area contributed by atoms with Gasteiger partial charge in [0.05, 0.1) is 36.5 Å². The molecule has 5 rings (SSSR count). The molecular weight excluding hydrogens is 456 g/mol. The molecule has 1 saturated heterocycles. The molecule has 1 N–H and O–H groups in total. The fourth-order valence-corrected chi connectivity index (χ4v) is 5.23. The van der Waals surface area contributed by atoms with E-state index in [1.165, 1.54) is 13.2 Å². The number of nitrogens with zero attached hydrogens (tertiary/aromatic N) is 5. The number of rotatable bonds is 7. The van der Waals surface area contributed by atoms with E-state index in [9.17, 15) is 8.42 Å². The third-order valence-electron chi connectivity index (χ3n) is 5.99. The molecule has 2 aromatic carbocycles. The lowest BCUT2D eigenvalue weighted by Gasteiger charge is -2.26. The first-order chi connectivity index (χ1) is 16.5. The average molecular weight is 483 g/mol. The molecule has 0 saturated carbocycles. The second-order valence-electron chi connectivity index (χ2n) is 8.10. The minimum atomic E-state index is -3.74. The Morgan fingerprint density at radius 3 is 2.62 bits per heavy atom. The number of aromatic nitrogens is 4. The second-order valence-corrected chi connectivity index (χ2v) is 9.87. The Bertz CT molecular complexity index is 1450. The lowest BCUT2D eigenvalue weighted by molar-refractivity contribution is 0.0390. The maximum Gasteiger partial charge on any atom is 0.240 e. The summed E-state index contributed by atoms with van der Waals surface area (Å²) >= 11 is 0. The number of hydrogen-bond donors (Lipinski definition) is 1. The predicted octanol–water partition coefficient (Wildman–Crippen LogP) is 1.87. The van der Waals surface area contributed by atoms with Crippen LogP contribution in [0.5, 0.6) is 5.75 Å². The molecule has 0 radical (unpaired) electrons. The van der Waals surface area contributed by atoms with Crippen molar-refractivity contribution in [3.8, 4) is 17.1 Å². The Labute approximate surface area is 197 Å². The first kappa shape index (κ1) is 22.7. The number of sulfonamides is 1. The smallest absolute Gasteiger partial charge is 0.240 e. The van der Waals surface area contributed by atoms with Crippen molar-refractivity contribution in [2.75, 3.05) is 46.5 Å². The van der Waals surface area contributed by atoms with Crippen LogP contribution in [-0.4, -0.2) is 79.6 Å². The van der Waals surface area contributed by atoms with Crippen LogP contribution < -0.4 is 9.46 Å². The standard InChI is InChI=1S/C23H26N6O4S/c1-16-18-5-3-4-6-19(18)22-25-26-23(29(22)27-16)20-15-17(7-8-21(20)32-2)34(30,31)24-9-10-28-11-13-33-14-12-28/h3-8,15,24H,9-14H2,1-2H3. The molecule has 34 heavy (non-hydrogen) atoms. The van der Waals surface area contributed by atoms with Gasteiger partial charge >= 0.3 is 0 Å². The molecule has 178 valence electrons. The number of morpholine rings is 1. The van der Waals surface area contributed by atoms with Gasteiger partial charge in [0.15, 0.2) is 11.5 Å². The summed E-state index contributed by atoms with van der Waals surface area (Å²) in [5, 5.41) is 15.3. The van der Waals surface area contributed by atoms with E-state index in [2.05, 4.69) is 24.9 Å². The zero-order valence-electron chi connectivity index (χ0n) is 19.1. The van der Waals surface area contributed by atoms with E-state index in [0.717, 1.165) is 29.6 Å². The van der Waals surface area contributed by atoms with Gasteiger partial charge in [0.1, 0.15) is 5.75 Å². The number of ether oxygens (including phenoxy) is 2. The number of benzene rings is 2. The molecule has 10 nitrogen and oxygen atoms in total.